The van der Waals surface area contributed by atoms with E-state index in [4.69, 9.17) is 4.74 Å². The van der Waals surface area contributed by atoms with Crippen molar-refractivity contribution in [2.24, 2.45) is 4.99 Å². The summed E-state index contributed by atoms with van der Waals surface area (Å²) in [5.41, 5.74) is -0.0496. The second kappa shape index (κ2) is 7.97. The fraction of sp³-hybridized carbons (Fsp3) is 0.786. The zero-order valence-corrected chi connectivity index (χ0v) is 13.0. The molecule has 0 bridgehead atoms. The SMILES string of the molecule is CN=C(NCCCCn1cnnc1)NCC1(C)CCCO1. The maximum atomic E-state index is 5.76. The van der Waals surface area contributed by atoms with Gasteiger partial charge in [-0.15, -0.1) is 10.2 Å². The minimum Gasteiger partial charge on any atom is -0.373 e. The van der Waals surface area contributed by atoms with E-state index in [1.807, 2.05) is 4.57 Å². The molecule has 1 aliphatic heterocycles. The van der Waals surface area contributed by atoms with Crippen LogP contribution < -0.4 is 10.6 Å². The number of aromatic nitrogens is 3. The lowest BCUT2D eigenvalue weighted by atomic mass is 10.0. The molecule has 1 aromatic rings. The van der Waals surface area contributed by atoms with E-state index in [2.05, 4.69) is 32.7 Å². The van der Waals surface area contributed by atoms with Crippen LogP contribution in [0, 0.1) is 0 Å². The molecule has 0 saturated carbocycles. The molecule has 2 heterocycles. The summed E-state index contributed by atoms with van der Waals surface area (Å²) in [6.07, 6.45) is 7.91. The maximum absolute atomic E-state index is 5.76. The van der Waals surface area contributed by atoms with Crippen LogP contribution in [0.4, 0.5) is 0 Å². The Kier molecular flexibility index (Phi) is 5.98. The minimum absolute atomic E-state index is 0.0496. The molecule has 21 heavy (non-hydrogen) atoms. The van der Waals surface area contributed by atoms with Gasteiger partial charge in [0.2, 0.25) is 0 Å². The Hall–Kier alpha value is -1.63. The van der Waals surface area contributed by atoms with E-state index in [0.29, 0.717) is 0 Å². The quantitative estimate of drug-likeness (QED) is 0.442. The first-order valence-electron chi connectivity index (χ1n) is 7.63. The highest BCUT2D eigenvalue weighted by Gasteiger charge is 2.29. The smallest absolute Gasteiger partial charge is 0.191 e. The second-order valence-electron chi connectivity index (χ2n) is 5.66. The number of aliphatic imine (C=N–C) groups is 1. The standard InChI is InChI=1S/C14H26N6O/c1-14(6-5-9-21-14)10-17-13(15-2)16-7-3-4-8-20-11-18-19-12-20/h11-12H,3-10H2,1-2H3,(H2,15,16,17). The monoisotopic (exact) mass is 294 g/mol. The van der Waals surface area contributed by atoms with Crippen LogP contribution in [-0.2, 0) is 11.3 Å². The zero-order valence-electron chi connectivity index (χ0n) is 13.0. The molecular weight excluding hydrogens is 268 g/mol. The third-order valence-electron chi connectivity index (χ3n) is 3.76. The van der Waals surface area contributed by atoms with Gasteiger partial charge >= 0.3 is 0 Å². The number of guanidine groups is 1. The number of ether oxygens (including phenoxy) is 1. The second-order valence-corrected chi connectivity index (χ2v) is 5.66. The first-order chi connectivity index (χ1) is 10.2. The van der Waals surface area contributed by atoms with Crippen LogP contribution in [-0.4, -0.2) is 53.1 Å². The van der Waals surface area contributed by atoms with E-state index in [-0.39, 0.29) is 5.60 Å². The molecule has 0 amide bonds. The Balaban J connectivity index is 1.57. The normalized spacial score (nSPS) is 22.5. The number of nitrogens with zero attached hydrogens (tertiary/aromatic N) is 4. The lowest BCUT2D eigenvalue weighted by molar-refractivity contribution is 0.0243. The van der Waals surface area contributed by atoms with Crippen LogP contribution in [0.15, 0.2) is 17.6 Å². The molecule has 1 aliphatic rings. The number of hydrogen-bond donors (Lipinski definition) is 2. The van der Waals surface area contributed by atoms with Crippen LogP contribution >= 0.6 is 0 Å². The van der Waals surface area contributed by atoms with Crippen molar-refractivity contribution in [3.8, 4) is 0 Å². The first kappa shape index (κ1) is 15.8. The molecule has 2 rings (SSSR count). The van der Waals surface area contributed by atoms with Gasteiger partial charge in [-0.2, -0.15) is 0 Å². The highest BCUT2D eigenvalue weighted by atomic mass is 16.5. The highest BCUT2D eigenvalue weighted by molar-refractivity contribution is 5.79. The topological polar surface area (TPSA) is 76.4 Å². The van der Waals surface area contributed by atoms with Crippen LogP contribution in [0.2, 0.25) is 0 Å². The highest BCUT2D eigenvalue weighted by Crippen LogP contribution is 2.23. The molecule has 1 atom stereocenters. The van der Waals surface area contributed by atoms with Gasteiger partial charge in [-0.1, -0.05) is 0 Å². The van der Waals surface area contributed by atoms with Gasteiger partial charge < -0.3 is 19.9 Å². The Morgan fingerprint density at radius 3 is 2.81 bits per heavy atom. The van der Waals surface area contributed by atoms with Crippen molar-refractivity contribution in [2.45, 2.75) is 44.8 Å². The summed E-state index contributed by atoms with van der Waals surface area (Å²) >= 11 is 0. The molecule has 2 N–H and O–H groups in total. The summed E-state index contributed by atoms with van der Waals surface area (Å²) in [4.78, 5) is 4.24. The molecule has 7 heteroatoms. The average Bonchev–Trinajstić information content (AvgIpc) is 3.14. The molecular formula is C14H26N6O. The lowest BCUT2D eigenvalue weighted by Crippen LogP contribution is -2.45. The van der Waals surface area contributed by atoms with Crippen molar-refractivity contribution in [3.63, 3.8) is 0 Å². The number of rotatable bonds is 7. The summed E-state index contributed by atoms with van der Waals surface area (Å²) in [6, 6.07) is 0. The third-order valence-corrected chi connectivity index (χ3v) is 3.76. The first-order valence-corrected chi connectivity index (χ1v) is 7.63. The van der Waals surface area contributed by atoms with Gasteiger partial charge in [-0.05, 0) is 32.6 Å². The van der Waals surface area contributed by atoms with E-state index in [1.54, 1.807) is 19.7 Å². The predicted molar refractivity (Wildman–Crippen MR) is 82.2 cm³/mol. The third kappa shape index (κ3) is 5.34. The number of unbranched alkanes of at least 4 members (excludes halogenated alkanes) is 1. The fourth-order valence-electron chi connectivity index (χ4n) is 2.43. The Morgan fingerprint density at radius 1 is 1.33 bits per heavy atom. The van der Waals surface area contributed by atoms with Crippen LogP contribution in [0.5, 0.6) is 0 Å². The van der Waals surface area contributed by atoms with E-state index in [9.17, 15) is 0 Å². The van der Waals surface area contributed by atoms with Gasteiger partial charge in [0.1, 0.15) is 12.7 Å². The molecule has 0 spiro atoms. The molecule has 0 aromatic carbocycles. The van der Waals surface area contributed by atoms with Crippen molar-refractivity contribution in [2.75, 3.05) is 26.7 Å². The van der Waals surface area contributed by atoms with Crippen LogP contribution in [0.3, 0.4) is 0 Å². The summed E-state index contributed by atoms with van der Waals surface area (Å²) in [5.74, 6) is 0.844. The summed E-state index contributed by atoms with van der Waals surface area (Å²) in [7, 11) is 1.80. The Morgan fingerprint density at radius 2 is 2.14 bits per heavy atom. The number of hydrogen-bond acceptors (Lipinski definition) is 4. The summed E-state index contributed by atoms with van der Waals surface area (Å²) < 4.78 is 7.75. The predicted octanol–water partition coefficient (Wildman–Crippen LogP) is 0.792. The van der Waals surface area contributed by atoms with Crippen LogP contribution in [0.25, 0.3) is 0 Å². The lowest BCUT2D eigenvalue weighted by Gasteiger charge is -2.24. The molecule has 0 aliphatic carbocycles. The fourth-order valence-corrected chi connectivity index (χ4v) is 2.43. The molecule has 1 aromatic heterocycles. The summed E-state index contributed by atoms with van der Waals surface area (Å²) in [5, 5.41) is 14.3. The van der Waals surface area contributed by atoms with Crippen molar-refractivity contribution >= 4 is 5.96 Å². The van der Waals surface area contributed by atoms with E-state index in [0.717, 1.165) is 57.9 Å². The molecule has 1 saturated heterocycles. The van der Waals surface area contributed by atoms with Crippen molar-refractivity contribution in [1.29, 1.82) is 0 Å². The van der Waals surface area contributed by atoms with Gasteiger partial charge in [0.25, 0.3) is 0 Å². The zero-order chi connectivity index (χ0) is 15.0. The Labute approximate surface area is 126 Å². The van der Waals surface area contributed by atoms with E-state index in [1.165, 1.54) is 0 Å². The maximum Gasteiger partial charge on any atom is 0.191 e. The van der Waals surface area contributed by atoms with Gasteiger partial charge in [0, 0.05) is 33.3 Å². The van der Waals surface area contributed by atoms with Gasteiger partial charge in [-0.25, -0.2) is 0 Å². The van der Waals surface area contributed by atoms with Gasteiger partial charge in [0.05, 0.1) is 5.60 Å². The van der Waals surface area contributed by atoms with Crippen molar-refractivity contribution < 1.29 is 4.74 Å². The van der Waals surface area contributed by atoms with Crippen LogP contribution in [0.1, 0.15) is 32.6 Å². The molecule has 0 radical (unpaired) electrons. The average molecular weight is 294 g/mol. The molecule has 1 fully saturated rings. The van der Waals surface area contributed by atoms with Crippen molar-refractivity contribution in [1.82, 2.24) is 25.4 Å². The molecule has 1 unspecified atom stereocenters. The Bertz CT molecular complexity index is 425. The van der Waals surface area contributed by atoms with Crippen molar-refractivity contribution in [3.05, 3.63) is 12.7 Å². The molecule has 118 valence electrons. The van der Waals surface area contributed by atoms with Gasteiger partial charge in [-0.3, -0.25) is 4.99 Å². The summed E-state index contributed by atoms with van der Waals surface area (Å²) in [6.45, 7) is 5.67. The van der Waals surface area contributed by atoms with Gasteiger partial charge in [0.15, 0.2) is 5.96 Å². The minimum atomic E-state index is -0.0496. The number of nitrogens with one attached hydrogen (secondary N) is 2. The van der Waals surface area contributed by atoms with E-state index >= 15 is 0 Å². The van der Waals surface area contributed by atoms with E-state index < -0.39 is 0 Å². The molecule has 7 nitrogen and oxygen atoms in total. The largest absolute Gasteiger partial charge is 0.373 e. The number of aryl methyl sites for hydroxylation is 1.